The van der Waals surface area contributed by atoms with Crippen LogP contribution in [0.3, 0.4) is 0 Å². The van der Waals surface area contributed by atoms with Gasteiger partial charge in [0.15, 0.2) is 0 Å². The van der Waals surface area contributed by atoms with E-state index in [0.29, 0.717) is 5.41 Å². The smallest absolute Gasteiger partial charge is 1.00 e. The zero-order valence-electron chi connectivity index (χ0n) is 6.65. The second kappa shape index (κ2) is 2.74. The van der Waals surface area contributed by atoms with Crippen LogP contribution < -0.4 is 17.0 Å². The van der Waals surface area contributed by atoms with Crippen molar-refractivity contribution in [2.75, 3.05) is 0 Å². The summed E-state index contributed by atoms with van der Waals surface area (Å²) in [6, 6.07) is 0. The molecule has 3 fully saturated rings. The monoisotopic (exact) mass is 222 g/mol. The topological polar surface area (TPSA) is 0 Å². The maximum absolute atomic E-state index is 3.90. The first-order valence-electron chi connectivity index (χ1n) is 3.92. The number of rotatable bonds is 1. The van der Waals surface area contributed by atoms with Gasteiger partial charge in [-0.25, -0.2) is 0 Å². The molecule has 1 unspecified atom stereocenters. The van der Waals surface area contributed by atoms with Crippen LogP contribution in [0.5, 0.6) is 0 Å². The molecule has 0 aromatic rings. The van der Waals surface area contributed by atoms with E-state index in [1.807, 2.05) is 5.92 Å². The molecule has 0 bridgehead atoms. The first kappa shape index (κ1) is 10.1. The Morgan fingerprint density at radius 3 is 2.18 bits per heavy atom. The molecule has 3 rings (SSSR count). The van der Waals surface area contributed by atoms with E-state index in [-0.39, 0.29) is 40.0 Å². The van der Waals surface area contributed by atoms with Crippen LogP contribution >= 0.6 is 0 Å². The van der Waals surface area contributed by atoms with Gasteiger partial charge in [0.25, 0.3) is 0 Å². The Kier molecular flexibility index (Phi) is 2.51. The minimum atomic E-state index is 0. The van der Waals surface area contributed by atoms with Crippen molar-refractivity contribution in [3.8, 4) is 0 Å². The number of hydrogen-bond donors (Lipinski definition) is 0. The Balaban J connectivity index is 0.000000302. The van der Waals surface area contributed by atoms with Crippen molar-refractivity contribution in [1.29, 1.82) is 0 Å². The molecular formula is C9H11BrMg. The second-order valence-corrected chi connectivity index (χ2v) is 3.63. The van der Waals surface area contributed by atoms with E-state index in [2.05, 4.69) is 12.7 Å². The Morgan fingerprint density at radius 1 is 1.36 bits per heavy atom. The second-order valence-electron chi connectivity index (χ2n) is 3.63. The molecule has 3 saturated carbocycles. The average Bonchev–Trinajstić information content (AvgIpc) is 2.76. The van der Waals surface area contributed by atoms with Gasteiger partial charge in [0, 0.05) is 0 Å². The standard InChI is InChI=1S/C9H11.BrH.Mg/c1-2-9-6-4-3-5-7(9)8(6)9;;/h2,6-7H,1,3-5H2;1H;/q-1;;+2/p-1/t6-,7+,9?;;. The minimum Gasteiger partial charge on any atom is -1.00 e. The molecule has 3 aliphatic rings. The normalized spacial score (nSPS) is 49.5. The van der Waals surface area contributed by atoms with E-state index in [0.717, 1.165) is 11.8 Å². The first-order valence-corrected chi connectivity index (χ1v) is 3.92. The Hall–Kier alpha value is 0.986. The summed E-state index contributed by atoms with van der Waals surface area (Å²) in [5.41, 5.74) is 0.651. The summed E-state index contributed by atoms with van der Waals surface area (Å²) in [5, 5.41) is 0. The number of halogens is 1. The molecule has 56 valence electrons. The molecule has 11 heavy (non-hydrogen) atoms. The molecule has 0 radical (unpaired) electrons. The minimum absolute atomic E-state index is 0. The fourth-order valence-electron chi connectivity index (χ4n) is 3.02. The molecule has 0 aromatic carbocycles. The predicted octanol–water partition coefficient (Wildman–Crippen LogP) is -1.20. The molecule has 0 amide bonds. The van der Waals surface area contributed by atoms with Gasteiger partial charge in [-0.15, -0.1) is 12.7 Å². The number of fused-ring (bicyclic) bond motifs is 2. The van der Waals surface area contributed by atoms with Crippen LogP contribution in [-0.4, -0.2) is 23.1 Å². The van der Waals surface area contributed by atoms with E-state index in [4.69, 9.17) is 0 Å². The van der Waals surface area contributed by atoms with Crippen LogP contribution in [0.2, 0.25) is 0 Å². The van der Waals surface area contributed by atoms with Crippen LogP contribution in [-0.2, 0) is 0 Å². The van der Waals surface area contributed by atoms with Crippen LogP contribution in [0.25, 0.3) is 0 Å². The molecule has 0 spiro atoms. The van der Waals surface area contributed by atoms with Crippen molar-refractivity contribution >= 4 is 23.1 Å². The fraction of sp³-hybridized carbons (Fsp3) is 0.667. The third-order valence-corrected chi connectivity index (χ3v) is 3.56. The maximum Gasteiger partial charge on any atom is 2.00 e. The molecule has 0 heterocycles. The van der Waals surface area contributed by atoms with E-state index in [1.165, 1.54) is 19.3 Å². The van der Waals surface area contributed by atoms with Gasteiger partial charge in [-0.3, -0.25) is 0 Å². The fourth-order valence-corrected chi connectivity index (χ4v) is 3.02. The summed E-state index contributed by atoms with van der Waals surface area (Å²) in [4.78, 5) is 0. The third kappa shape index (κ3) is 0.867. The predicted molar refractivity (Wildman–Crippen MR) is 42.5 cm³/mol. The van der Waals surface area contributed by atoms with Gasteiger partial charge in [0.05, 0.1) is 0 Å². The summed E-state index contributed by atoms with van der Waals surface area (Å²) in [7, 11) is 0. The van der Waals surface area contributed by atoms with Gasteiger partial charge >= 0.3 is 23.1 Å². The number of hydrogen-bond acceptors (Lipinski definition) is 0. The van der Waals surface area contributed by atoms with Crippen LogP contribution in [0.4, 0.5) is 0 Å². The van der Waals surface area contributed by atoms with Crippen molar-refractivity contribution in [2.24, 2.45) is 17.3 Å². The zero-order chi connectivity index (χ0) is 6.06. The number of allylic oxidation sites excluding steroid dienone is 1. The molecule has 0 aliphatic heterocycles. The van der Waals surface area contributed by atoms with E-state index >= 15 is 0 Å². The molecule has 0 saturated heterocycles. The van der Waals surface area contributed by atoms with E-state index < -0.39 is 0 Å². The van der Waals surface area contributed by atoms with Crippen molar-refractivity contribution in [2.45, 2.75) is 19.3 Å². The van der Waals surface area contributed by atoms with Crippen molar-refractivity contribution in [3.63, 3.8) is 0 Å². The van der Waals surface area contributed by atoms with E-state index in [9.17, 15) is 0 Å². The van der Waals surface area contributed by atoms with Crippen molar-refractivity contribution < 1.29 is 17.0 Å². The maximum atomic E-state index is 3.90. The summed E-state index contributed by atoms with van der Waals surface area (Å²) in [6.07, 6.45) is 6.63. The van der Waals surface area contributed by atoms with Crippen molar-refractivity contribution in [3.05, 3.63) is 18.6 Å². The SMILES string of the molecule is C=CC12[C-]3[C@H]1CCC[C@@H]32.[Br-].[Mg+2]. The van der Waals surface area contributed by atoms with Gasteiger partial charge < -0.3 is 22.9 Å². The average molecular weight is 223 g/mol. The van der Waals surface area contributed by atoms with Crippen LogP contribution in [0.15, 0.2) is 12.7 Å². The summed E-state index contributed by atoms with van der Waals surface area (Å²) >= 11 is 0. The summed E-state index contributed by atoms with van der Waals surface area (Å²) in [5.74, 6) is 3.91. The van der Waals surface area contributed by atoms with Gasteiger partial charge in [0.2, 0.25) is 0 Å². The quantitative estimate of drug-likeness (QED) is 0.298. The Morgan fingerprint density at radius 2 is 1.91 bits per heavy atom. The molecule has 3 aliphatic carbocycles. The molecule has 3 atom stereocenters. The van der Waals surface area contributed by atoms with Gasteiger partial charge in [-0.05, 0) is 0 Å². The molecular weight excluding hydrogens is 212 g/mol. The molecule has 0 N–H and O–H groups in total. The van der Waals surface area contributed by atoms with Crippen LogP contribution in [0.1, 0.15) is 19.3 Å². The third-order valence-electron chi connectivity index (χ3n) is 3.56. The van der Waals surface area contributed by atoms with Gasteiger partial charge in [0.1, 0.15) is 0 Å². The molecule has 0 nitrogen and oxygen atoms in total. The molecule has 2 heteroatoms. The Labute approximate surface area is 94.7 Å². The zero-order valence-corrected chi connectivity index (χ0v) is 9.65. The Bertz CT molecular complexity index is 168. The summed E-state index contributed by atoms with van der Waals surface area (Å²) < 4.78 is 0. The van der Waals surface area contributed by atoms with E-state index in [1.54, 1.807) is 0 Å². The van der Waals surface area contributed by atoms with Gasteiger partial charge in [-0.1, -0.05) is 19.3 Å². The summed E-state index contributed by atoms with van der Waals surface area (Å²) in [6.45, 7) is 3.90. The van der Waals surface area contributed by atoms with Gasteiger partial charge in [-0.2, -0.15) is 17.3 Å². The van der Waals surface area contributed by atoms with Crippen molar-refractivity contribution in [1.82, 2.24) is 0 Å². The molecule has 0 aromatic heterocycles. The largest absolute Gasteiger partial charge is 2.00 e. The first-order chi connectivity index (χ1) is 4.41. The van der Waals surface area contributed by atoms with Crippen LogP contribution in [0, 0.1) is 23.2 Å².